The van der Waals surface area contributed by atoms with Crippen molar-refractivity contribution in [2.24, 2.45) is 0 Å². The summed E-state index contributed by atoms with van der Waals surface area (Å²) in [5, 5.41) is 1.74. The summed E-state index contributed by atoms with van der Waals surface area (Å²) in [5.41, 5.74) is 11.1. The average Bonchev–Trinajstić information content (AvgIpc) is 2.23. The summed E-state index contributed by atoms with van der Waals surface area (Å²) in [6.07, 6.45) is 0. The zero-order valence-corrected chi connectivity index (χ0v) is 11.4. The van der Waals surface area contributed by atoms with Crippen LogP contribution >= 0.6 is 11.6 Å². The van der Waals surface area contributed by atoms with Crippen molar-refractivity contribution in [1.82, 2.24) is 4.98 Å². The molecule has 0 saturated carbocycles. The van der Waals surface area contributed by atoms with E-state index in [-0.39, 0.29) is 0 Å². The maximum atomic E-state index is 6.26. The van der Waals surface area contributed by atoms with Gasteiger partial charge in [-0.25, -0.2) is 0 Å². The van der Waals surface area contributed by atoms with Crippen LogP contribution in [0.1, 0.15) is 36.6 Å². The van der Waals surface area contributed by atoms with E-state index in [1.165, 1.54) is 0 Å². The number of aryl methyl sites for hydroxylation is 2. The van der Waals surface area contributed by atoms with Crippen molar-refractivity contribution in [3.63, 3.8) is 0 Å². The van der Waals surface area contributed by atoms with Crippen LogP contribution < -0.4 is 5.73 Å². The van der Waals surface area contributed by atoms with Crippen molar-refractivity contribution in [1.29, 1.82) is 0 Å². The highest BCUT2D eigenvalue weighted by atomic mass is 35.5. The van der Waals surface area contributed by atoms with Crippen molar-refractivity contribution in [3.8, 4) is 0 Å². The smallest absolute Gasteiger partial charge is 0.0770 e. The number of benzene rings is 1. The van der Waals surface area contributed by atoms with E-state index in [0.29, 0.717) is 5.92 Å². The number of fused-ring (bicyclic) bond motifs is 1. The number of nitrogen functional groups attached to an aromatic ring is 1. The summed E-state index contributed by atoms with van der Waals surface area (Å²) in [6.45, 7) is 8.25. The minimum atomic E-state index is 0.378. The summed E-state index contributed by atoms with van der Waals surface area (Å²) >= 11 is 6.11. The Balaban J connectivity index is 2.91. The van der Waals surface area contributed by atoms with E-state index in [9.17, 15) is 0 Å². The van der Waals surface area contributed by atoms with E-state index in [0.717, 1.165) is 38.4 Å². The standard InChI is InChI=1S/C14H17ClN2/c1-7(2)12-9(4)17-14-8(3)11(15)6-5-10(14)13(12)16/h5-7H,1-4H3,(H2,16,17). The van der Waals surface area contributed by atoms with Gasteiger partial charge in [-0.2, -0.15) is 0 Å². The molecule has 1 aromatic carbocycles. The molecule has 0 aliphatic carbocycles. The van der Waals surface area contributed by atoms with E-state index >= 15 is 0 Å². The second-order valence-electron chi connectivity index (χ2n) is 4.75. The fourth-order valence-corrected chi connectivity index (χ4v) is 2.49. The Bertz CT molecular complexity index is 589. The van der Waals surface area contributed by atoms with Gasteiger partial charge in [0.05, 0.1) is 5.52 Å². The zero-order valence-electron chi connectivity index (χ0n) is 10.6. The third-order valence-corrected chi connectivity index (χ3v) is 3.60. The van der Waals surface area contributed by atoms with E-state index in [1.54, 1.807) is 0 Å². The van der Waals surface area contributed by atoms with E-state index < -0.39 is 0 Å². The molecule has 0 saturated heterocycles. The highest BCUT2D eigenvalue weighted by molar-refractivity contribution is 6.32. The van der Waals surface area contributed by atoms with Gasteiger partial charge in [0.1, 0.15) is 0 Å². The van der Waals surface area contributed by atoms with Crippen molar-refractivity contribution < 1.29 is 0 Å². The lowest BCUT2D eigenvalue weighted by molar-refractivity contribution is 0.851. The first-order valence-electron chi connectivity index (χ1n) is 5.78. The van der Waals surface area contributed by atoms with E-state index in [4.69, 9.17) is 17.3 Å². The van der Waals surface area contributed by atoms with E-state index in [2.05, 4.69) is 18.8 Å². The monoisotopic (exact) mass is 248 g/mol. The number of nitrogens with zero attached hydrogens (tertiary/aromatic N) is 1. The molecular weight excluding hydrogens is 232 g/mol. The molecule has 0 aliphatic rings. The van der Waals surface area contributed by atoms with Gasteiger partial charge in [0.15, 0.2) is 0 Å². The molecule has 2 nitrogen and oxygen atoms in total. The lowest BCUT2D eigenvalue weighted by Gasteiger charge is -2.16. The summed E-state index contributed by atoms with van der Waals surface area (Å²) in [4.78, 5) is 4.65. The van der Waals surface area contributed by atoms with Crippen LogP contribution in [0.15, 0.2) is 12.1 Å². The van der Waals surface area contributed by atoms with Gasteiger partial charge in [0.25, 0.3) is 0 Å². The molecule has 0 unspecified atom stereocenters. The van der Waals surface area contributed by atoms with Crippen LogP contribution in [0.5, 0.6) is 0 Å². The number of hydrogen-bond acceptors (Lipinski definition) is 2. The minimum absolute atomic E-state index is 0.378. The molecule has 0 atom stereocenters. The molecule has 2 aromatic rings. The highest BCUT2D eigenvalue weighted by Gasteiger charge is 2.14. The zero-order chi connectivity index (χ0) is 12.7. The fourth-order valence-electron chi connectivity index (χ4n) is 2.33. The SMILES string of the molecule is Cc1nc2c(C)c(Cl)ccc2c(N)c1C(C)C. The van der Waals surface area contributed by atoms with Gasteiger partial charge in [0.2, 0.25) is 0 Å². The summed E-state index contributed by atoms with van der Waals surface area (Å²) < 4.78 is 0. The Morgan fingerprint density at radius 1 is 1.24 bits per heavy atom. The largest absolute Gasteiger partial charge is 0.398 e. The maximum Gasteiger partial charge on any atom is 0.0770 e. The third-order valence-electron chi connectivity index (χ3n) is 3.19. The Morgan fingerprint density at radius 3 is 2.47 bits per heavy atom. The molecule has 2 N–H and O–H groups in total. The van der Waals surface area contributed by atoms with Crippen LogP contribution in [0, 0.1) is 13.8 Å². The van der Waals surface area contributed by atoms with Crippen LogP contribution in [0.3, 0.4) is 0 Å². The van der Waals surface area contributed by atoms with Gasteiger partial charge in [0, 0.05) is 21.8 Å². The van der Waals surface area contributed by atoms with Crippen molar-refractivity contribution >= 4 is 28.2 Å². The van der Waals surface area contributed by atoms with Crippen LogP contribution in [0.4, 0.5) is 5.69 Å². The van der Waals surface area contributed by atoms with Crippen LogP contribution in [0.25, 0.3) is 10.9 Å². The number of aromatic nitrogens is 1. The van der Waals surface area contributed by atoms with Gasteiger partial charge in [-0.15, -0.1) is 0 Å². The van der Waals surface area contributed by atoms with Crippen molar-refractivity contribution in [3.05, 3.63) is 34.0 Å². The van der Waals surface area contributed by atoms with Gasteiger partial charge >= 0.3 is 0 Å². The molecule has 0 bridgehead atoms. The predicted molar refractivity (Wildman–Crippen MR) is 74.7 cm³/mol. The van der Waals surface area contributed by atoms with Gasteiger partial charge in [-0.1, -0.05) is 25.4 Å². The number of halogens is 1. The van der Waals surface area contributed by atoms with Crippen molar-refractivity contribution in [2.75, 3.05) is 5.73 Å². The first-order chi connectivity index (χ1) is 7.93. The Morgan fingerprint density at radius 2 is 1.88 bits per heavy atom. The molecular formula is C14H17ClN2. The highest BCUT2D eigenvalue weighted by Crippen LogP contribution is 2.34. The normalized spacial score (nSPS) is 11.4. The van der Waals surface area contributed by atoms with E-state index in [1.807, 2.05) is 26.0 Å². The summed E-state index contributed by atoms with van der Waals surface area (Å²) in [5.74, 6) is 0.378. The second-order valence-corrected chi connectivity index (χ2v) is 5.16. The topological polar surface area (TPSA) is 38.9 Å². The van der Waals surface area contributed by atoms with Crippen LogP contribution in [-0.4, -0.2) is 4.98 Å². The Kier molecular flexibility index (Phi) is 3.00. The molecule has 2 rings (SSSR count). The van der Waals surface area contributed by atoms with Crippen LogP contribution in [0.2, 0.25) is 5.02 Å². The van der Waals surface area contributed by atoms with Crippen molar-refractivity contribution in [2.45, 2.75) is 33.6 Å². The Hall–Kier alpha value is -1.28. The summed E-state index contributed by atoms with van der Waals surface area (Å²) in [7, 11) is 0. The summed E-state index contributed by atoms with van der Waals surface area (Å²) in [6, 6.07) is 3.84. The minimum Gasteiger partial charge on any atom is -0.398 e. The number of hydrogen-bond donors (Lipinski definition) is 1. The number of nitrogens with two attached hydrogens (primary N) is 1. The third kappa shape index (κ3) is 1.87. The molecule has 0 amide bonds. The number of pyridine rings is 1. The first-order valence-corrected chi connectivity index (χ1v) is 6.16. The molecule has 0 aliphatic heterocycles. The van der Waals surface area contributed by atoms with Gasteiger partial charge < -0.3 is 5.73 Å². The Labute approximate surface area is 107 Å². The number of anilines is 1. The number of rotatable bonds is 1. The average molecular weight is 249 g/mol. The molecule has 90 valence electrons. The first kappa shape index (κ1) is 12.2. The fraction of sp³-hybridized carbons (Fsp3) is 0.357. The van der Waals surface area contributed by atoms with Gasteiger partial charge in [-0.3, -0.25) is 4.98 Å². The molecule has 1 aromatic heterocycles. The maximum absolute atomic E-state index is 6.26. The molecule has 3 heteroatoms. The predicted octanol–water partition coefficient (Wildman–Crippen LogP) is 4.21. The molecule has 0 spiro atoms. The van der Waals surface area contributed by atoms with Gasteiger partial charge in [-0.05, 0) is 43.0 Å². The second kappa shape index (κ2) is 4.19. The molecule has 17 heavy (non-hydrogen) atoms. The molecule has 0 fully saturated rings. The van der Waals surface area contributed by atoms with Crippen LogP contribution in [-0.2, 0) is 0 Å². The lowest BCUT2D eigenvalue weighted by Crippen LogP contribution is -2.04. The quantitative estimate of drug-likeness (QED) is 0.821. The molecule has 0 radical (unpaired) electrons. The molecule has 1 heterocycles. The lowest BCUT2D eigenvalue weighted by atomic mass is 9.96.